The van der Waals surface area contributed by atoms with Crippen LogP contribution in [0.25, 0.3) is 0 Å². The zero-order chi connectivity index (χ0) is 15.0. The van der Waals surface area contributed by atoms with Crippen LogP contribution < -0.4 is 10.5 Å². The molecule has 0 radical (unpaired) electrons. The maximum atomic E-state index is 11.9. The second-order valence-corrected chi connectivity index (χ2v) is 8.13. The van der Waals surface area contributed by atoms with Gasteiger partial charge in [-0.1, -0.05) is 6.07 Å². The van der Waals surface area contributed by atoms with E-state index in [0.29, 0.717) is 0 Å². The van der Waals surface area contributed by atoms with E-state index < -0.39 is 20.6 Å². The Morgan fingerprint density at radius 1 is 1.21 bits per heavy atom. The lowest BCUT2D eigenvalue weighted by Crippen LogP contribution is -2.42. The molecule has 0 aliphatic heterocycles. The normalized spacial score (nSPS) is 14.3. The summed E-state index contributed by atoms with van der Waals surface area (Å²) in [6, 6.07) is 3.22. The van der Waals surface area contributed by atoms with Gasteiger partial charge in [0.05, 0.1) is 11.9 Å². The van der Waals surface area contributed by atoms with E-state index >= 15 is 0 Å². The molecule has 4 nitrogen and oxygen atoms in total. The highest BCUT2D eigenvalue weighted by atomic mass is 32.2. The Morgan fingerprint density at radius 2 is 1.74 bits per heavy atom. The van der Waals surface area contributed by atoms with Crippen molar-refractivity contribution in [3.63, 3.8) is 0 Å². The number of sulfone groups is 1. The third kappa shape index (κ3) is 2.92. The highest BCUT2D eigenvalue weighted by molar-refractivity contribution is 7.92. The molecule has 0 saturated heterocycles. The number of aryl methyl sites for hydroxylation is 2. The van der Waals surface area contributed by atoms with E-state index in [-0.39, 0.29) is 0 Å². The smallest absolute Gasteiger partial charge is 0.154 e. The first-order valence-electron chi connectivity index (χ1n) is 6.12. The number of methoxy groups -OCH3 is 1. The van der Waals surface area contributed by atoms with Gasteiger partial charge < -0.3 is 10.5 Å². The van der Waals surface area contributed by atoms with Crippen molar-refractivity contribution in [2.24, 2.45) is 5.73 Å². The first-order chi connectivity index (χ1) is 8.52. The Labute approximate surface area is 115 Å². The average molecular weight is 285 g/mol. The van der Waals surface area contributed by atoms with Crippen molar-refractivity contribution in [2.75, 3.05) is 13.4 Å². The van der Waals surface area contributed by atoms with Gasteiger partial charge in [-0.05, 0) is 50.5 Å². The van der Waals surface area contributed by atoms with Gasteiger partial charge in [0.1, 0.15) is 5.75 Å². The quantitative estimate of drug-likeness (QED) is 0.920. The second-order valence-electron chi connectivity index (χ2n) is 5.53. The Kier molecular flexibility index (Phi) is 4.32. The fourth-order valence-corrected chi connectivity index (χ4v) is 2.56. The maximum absolute atomic E-state index is 11.9. The van der Waals surface area contributed by atoms with Crippen molar-refractivity contribution >= 4 is 9.84 Å². The Morgan fingerprint density at radius 3 is 2.16 bits per heavy atom. The van der Waals surface area contributed by atoms with Crippen LogP contribution in [0.5, 0.6) is 5.75 Å². The third-order valence-corrected chi connectivity index (χ3v) is 5.99. The van der Waals surface area contributed by atoms with Gasteiger partial charge in [0.25, 0.3) is 0 Å². The fraction of sp³-hybridized carbons (Fsp3) is 0.571. The van der Waals surface area contributed by atoms with E-state index in [1.807, 2.05) is 26.0 Å². The minimum absolute atomic E-state index is 0.577. The third-order valence-electron chi connectivity index (χ3n) is 3.82. The monoisotopic (exact) mass is 285 g/mol. The van der Waals surface area contributed by atoms with Crippen LogP contribution in [0.2, 0.25) is 0 Å². The van der Waals surface area contributed by atoms with Crippen LogP contribution in [0.4, 0.5) is 0 Å². The topological polar surface area (TPSA) is 69.4 Å². The fourth-order valence-electron chi connectivity index (χ4n) is 1.97. The van der Waals surface area contributed by atoms with Crippen molar-refractivity contribution in [3.05, 3.63) is 28.8 Å². The summed E-state index contributed by atoms with van der Waals surface area (Å²) < 4.78 is 28.0. The minimum Gasteiger partial charge on any atom is -0.496 e. The van der Waals surface area contributed by atoms with Gasteiger partial charge in [-0.2, -0.15) is 0 Å². The van der Waals surface area contributed by atoms with Crippen molar-refractivity contribution in [1.29, 1.82) is 0 Å². The molecule has 0 heterocycles. The molecule has 0 aliphatic carbocycles. The number of ether oxygens (including phenoxy) is 1. The molecule has 0 aliphatic rings. The molecule has 0 amide bonds. The van der Waals surface area contributed by atoms with E-state index in [1.165, 1.54) is 6.26 Å². The Bertz CT molecular complexity index is 577. The van der Waals surface area contributed by atoms with Gasteiger partial charge >= 0.3 is 0 Å². The zero-order valence-electron chi connectivity index (χ0n) is 12.4. The van der Waals surface area contributed by atoms with Gasteiger partial charge in [-0.3, -0.25) is 0 Å². The first-order valence-corrected chi connectivity index (χ1v) is 8.01. The summed E-state index contributed by atoms with van der Waals surface area (Å²) in [6.07, 6.45) is 1.22. The predicted octanol–water partition coefficient (Wildman–Crippen LogP) is 2.14. The summed E-state index contributed by atoms with van der Waals surface area (Å²) >= 11 is 0. The van der Waals surface area contributed by atoms with Crippen LogP contribution in [0.15, 0.2) is 12.1 Å². The van der Waals surface area contributed by atoms with Crippen molar-refractivity contribution in [2.45, 2.75) is 38.5 Å². The van der Waals surface area contributed by atoms with E-state index in [0.717, 1.165) is 22.4 Å². The molecular formula is C14H23NO3S. The highest BCUT2D eigenvalue weighted by Gasteiger charge is 2.38. The van der Waals surface area contributed by atoms with Crippen LogP contribution >= 0.6 is 0 Å². The summed E-state index contributed by atoms with van der Waals surface area (Å²) in [5.74, 6) is 0.783. The van der Waals surface area contributed by atoms with Gasteiger partial charge in [0, 0.05) is 12.3 Å². The van der Waals surface area contributed by atoms with Crippen LogP contribution in [-0.4, -0.2) is 26.5 Å². The lowest BCUT2D eigenvalue weighted by molar-refractivity contribution is 0.410. The van der Waals surface area contributed by atoms with E-state index in [2.05, 4.69) is 0 Å². The summed E-state index contributed by atoms with van der Waals surface area (Å²) in [5, 5.41) is 0. The highest BCUT2D eigenvalue weighted by Crippen LogP contribution is 2.34. The standard InChI is InChI=1S/C14H23NO3S/c1-9-8-12(18-5)10(2)7-11(9)13(15)14(3,4)19(6,16)17/h7-8,13H,15H2,1-6H3. The van der Waals surface area contributed by atoms with E-state index in [4.69, 9.17) is 10.5 Å². The number of hydrogen-bond acceptors (Lipinski definition) is 4. The zero-order valence-corrected chi connectivity index (χ0v) is 13.3. The molecular weight excluding hydrogens is 262 g/mol. The van der Waals surface area contributed by atoms with Crippen molar-refractivity contribution < 1.29 is 13.2 Å². The molecule has 0 saturated carbocycles. The summed E-state index contributed by atoms with van der Waals surface area (Å²) in [4.78, 5) is 0. The molecule has 2 N–H and O–H groups in total. The lowest BCUT2D eigenvalue weighted by atomic mass is 9.91. The van der Waals surface area contributed by atoms with Gasteiger partial charge in [0.2, 0.25) is 0 Å². The average Bonchev–Trinajstić information content (AvgIpc) is 2.29. The largest absolute Gasteiger partial charge is 0.496 e. The van der Waals surface area contributed by atoms with E-state index in [1.54, 1.807) is 21.0 Å². The lowest BCUT2D eigenvalue weighted by Gasteiger charge is -2.31. The van der Waals surface area contributed by atoms with Crippen LogP contribution in [-0.2, 0) is 9.84 Å². The number of nitrogens with two attached hydrogens (primary N) is 1. The predicted molar refractivity (Wildman–Crippen MR) is 78.3 cm³/mol. The summed E-state index contributed by atoms with van der Waals surface area (Å²) in [5.41, 5.74) is 8.93. The molecule has 108 valence electrons. The molecule has 0 spiro atoms. The Balaban J connectivity index is 3.36. The molecule has 1 unspecified atom stereocenters. The van der Waals surface area contributed by atoms with Crippen LogP contribution in [0.3, 0.4) is 0 Å². The van der Waals surface area contributed by atoms with Crippen LogP contribution in [0, 0.1) is 13.8 Å². The number of benzene rings is 1. The van der Waals surface area contributed by atoms with Crippen LogP contribution in [0.1, 0.15) is 36.6 Å². The van der Waals surface area contributed by atoms with Gasteiger partial charge in [-0.25, -0.2) is 8.42 Å². The summed E-state index contributed by atoms with van der Waals surface area (Å²) in [6.45, 7) is 7.15. The first kappa shape index (κ1) is 16.0. The second kappa shape index (κ2) is 5.13. The van der Waals surface area contributed by atoms with Gasteiger partial charge in [-0.15, -0.1) is 0 Å². The minimum atomic E-state index is -3.25. The van der Waals surface area contributed by atoms with Gasteiger partial charge in [0.15, 0.2) is 9.84 Å². The molecule has 19 heavy (non-hydrogen) atoms. The molecule has 0 aromatic heterocycles. The summed E-state index contributed by atoms with van der Waals surface area (Å²) in [7, 11) is -1.64. The molecule has 1 aromatic carbocycles. The van der Waals surface area contributed by atoms with Crippen molar-refractivity contribution in [3.8, 4) is 5.75 Å². The number of hydrogen-bond donors (Lipinski definition) is 1. The maximum Gasteiger partial charge on any atom is 0.154 e. The van der Waals surface area contributed by atoms with Crippen molar-refractivity contribution in [1.82, 2.24) is 0 Å². The number of rotatable bonds is 4. The molecule has 5 heteroatoms. The van der Waals surface area contributed by atoms with E-state index in [9.17, 15) is 8.42 Å². The Hall–Kier alpha value is -1.07. The SMILES string of the molecule is COc1cc(C)c(C(N)C(C)(C)S(C)(=O)=O)cc1C. The molecule has 0 bridgehead atoms. The molecule has 1 rings (SSSR count). The molecule has 1 aromatic rings. The molecule has 1 atom stereocenters. The molecule has 0 fully saturated rings.